The van der Waals surface area contributed by atoms with Crippen molar-refractivity contribution in [1.82, 2.24) is 10.3 Å². The van der Waals surface area contributed by atoms with Crippen molar-refractivity contribution in [1.29, 1.82) is 0 Å². The molecular formula is C12H15FN2O2. The molecule has 0 bridgehead atoms. The minimum absolute atomic E-state index is 0.295. The second-order valence-corrected chi connectivity index (χ2v) is 3.64. The molecule has 1 aromatic heterocycles. The Morgan fingerprint density at radius 1 is 1.59 bits per heavy atom. The molecular weight excluding hydrogens is 223 g/mol. The fourth-order valence-corrected chi connectivity index (χ4v) is 1.10. The number of hydrogen-bond donors (Lipinski definition) is 1. The van der Waals surface area contributed by atoms with E-state index in [-0.39, 0.29) is 5.91 Å². The van der Waals surface area contributed by atoms with Crippen LogP contribution >= 0.6 is 0 Å². The summed E-state index contributed by atoms with van der Waals surface area (Å²) in [5.74, 6) is -0.900. The maximum absolute atomic E-state index is 12.5. The number of hydrogen-bond acceptors (Lipinski definition) is 3. The van der Waals surface area contributed by atoms with E-state index in [9.17, 15) is 9.18 Å². The van der Waals surface area contributed by atoms with Gasteiger partial charge in [-0.1, -0.05) is 12.2 Å². The monoisotopic (exact) mass is 238 g/mol. The second-order valence-electron chi connectivity index (χ2n) is 3.64. The summed E-state index contributed by atoms with van der Waals surface area (Å²) in [6, 6.07) is 2.53. The fraction of sp³-hybridized carbons (Fsp3) is 0.333. The van der Waals surface area contributed by atoms with Crippen LogP contribution in [0.1, 0.15) is 17.3 Å². The van der Waals surface area contributed by atoms with E-state index in [4.69, 9.17) is 4.74 Å². The maximum atomic E-state index is 12.5. The van der Waals surface area contributed by atoms with E-state index >= 15 is 0 Å². The molecule has 0 fully saturated rings. The molecule has 0 atom stereocenters. The van der Waals surface area contributed by atoms with Crippen molar-refractivity contribution in [3.63, 3.8) is 0 Å². The average molecular weight is 238 g/mol. The van der Waals surface area contributed by atoms with E-state index in [1.54, 1.807) is 0 Å². The van der Waals surface area contributed by atoms with E-state index in [0.717, 1.165) is 11.6 Å². The van der Waals surface area contributed by atoms with Crippen LogP contribution in [0.15, 0.2) is 30.5 Å². The van der Waals surface area contributed by atoms with Crippen LogP contribution in [0.3, 0.4) is 0 Å². The third-order valence-electron chi connectivity index (χ3n) is 1.87. The van der Waals surface area contributed by atoms with Crippen LogP contribution in [0.4, 0.5) is 4.39 Å². The Balaban J connectivity index is 2.25. The normalized spacial score (nSPS) is 10.0. The summed E-state index contributed by atoms with van der Waals surface area (Å²) >= 11 is 0. The first-order chi connectivity index (χ1) is 8.09. The van der Waals surface area contributed by atoms with Gasteiger partial charge in [0.15, 0.2) is 0 Å². The van der Waals surface area contributed by atoms with Crippen molar-refractivity contribution in [2.75, 3.05) is 19.8 Å². The summed E-state index contributed by atoms with van der Waals surface area (Å²) in [7, 11) is 0. The Labute approximate surface area is 99.5 Å². The highest BCUT2D eigenvalue weighted by Crippen LogP contribution is 1.98. The lowest BCUT2D eigenvalue weighted by molar-refractivity contribution is 0.0926. The fourth-order valence-electron chi connectivity index (χ4n) is 1.10. The summed E-state index contributed by atoms with van der Waals surface area (Å²) < 4.78 is 17.7. The smallest absolute Gasteiger partial charge is 0.252 e. The molecule has 1 N–H and O–H groups in total. The molecule has 92 valence electrons. The zero-order valence-corrected chi connectivity index (χ0v) is 9.70. The minimum Gasteiger partial charge on any atom is -0.375 e. The summed E-state index contributed by atoms with van der Waals surface area (Å²) in [6.07, 6.45) is 1.19. The van der Waals surface area contributed by atoms with Crippen LogP contribution in [0.2, 0.25) is 0 Å². The number of amides is 1. The van der Waals surface area contributed by atoms with Gasteiger partial charge in [-0.05, 0) is 19.1 Å². The predicted octanol–water partition coefficient (Wildman–Crippen LogP) is 1.54. The Bertz CT molecular complexity index is 390. The van der Waals surface area contributed by atoms with Crippen molar-refractivity contribution in [3.05, 3.63) is 42.0 Å². The third kappa shape index (κ3) is 5.21. The van der Waals surface area contributed by atoms with Gasteiger partial charge in [-0.3, -0.25) is 4.79 Å². The molecule has 1 aromatic rings. The number of pyridine rings is 1. The molecule has 0 radical (unpaired) electrons. The molecule has 0 aliphatic heterocycles. The van der Waals surface area contributed by atoms with Gasteiger partial charge in [0.2, 0.25) is 5.95 Å². The van der Waals surface area contributed by atoms with E-state index in [2.05, 4.69) is 16.9 Å². The molecule has 0 unspecified atom stereocenters. The van der Waals surface area contributed by atoms with Gasteiger partial charge >= 0.3 is 0 Å². The van der Waals surface area contributed by atoms with Crippen LogP contribution in [-0.4, -0.2) is 30.6 Å². The van der Waals surface area contributed by atoms with Crippen LogP contribution in [0.5, 0.6) is 0 Å². The summed E-state index contributed by atoms with van der Waals surface area (Å²) in [5, 5.41) is 2.64. The van der Waals surface area contributed by atoms with Gasteiger partial charge in [0.05, 0.1) is 18.8 Å². The number of nitrogens with one attached hydrogen (secondary N) is 1. The van der Waals surface area contributed by atoms with Gasteiger partial charge in [-0.2, -0.15) is 4.39 Å². The number of aromatic nitrogens is 1. The first kappa shape index (κ1) is 13.3. The number of ether oxygens (including phenoxy) is 1. The molecule has 4 nitrogen and oxygen atoms in total. The van der Waals surface area contributed by atoms with Crippen molar-refractivity contribution in [3.8, 4) is 0 Å². The molecule has 0 aliphatic rings. The van der Waals surface area contributed by atoms with Gasteiger partial charge in [-0.25, -0.2) is 4.98 Å². The second kappa shape index (κ2) is 6.75. The molecule has 0 saturated carbocycles. The van der Waals surface area contributed by atoms with Gasteiger partial charge in [0.25, 0.3) is 5.91 Å². The number of carbonyl (C=O) groups is 1. The Morgan fingerprint density at radius 3 is 2.94 bits per heavy atom. The van der Waals surface area contributed by atoms with Crippen LogP contribution < -0.4 is 5.32 Å². The van der Waals surface area contributed by atoms with Gasteiger partial charge in [0.1, 0.15) is 0 Å². The summed E-state index contributed by atoms with van der Waals surface area (Å²) in [4.78, 5) is 14.9. The molecule has 17 heavy (non-hydrogen) atoms. The van der Waals surface area contributed by atoms with Gasteiger partial charge in [-0.15, -0.1) is 0 Å². The van der Waals surface area contributed by atoms with E-state index in [0.29, 0.717) is 25.3 Å². The molecule has 5 heteroatoms. The first-order valence-electron chi connectivity index (χ1n) is 5.21. The number of rotatable bonds is 6. The third-order valence-corrected chi connectivity index (χ3v) is 1.87. The van der Waals surface area contributed by atoms with Crippen molar-refractivity contribution >= 4 is 5.91 Å². The van der Waals surface area contributed by atoms with Crippen LogP contribution in [-0.2, 0) is 4.74 Å². The highest BCUT2D eigenvalue weighted by molar-refractivity contribution is 5.93. The molecule has 1 heterocycles. The maximum Gasteiger partial charge on any atom is 0.252 e. The average Bonchev–Trinajstić information content (AvgIpc) is 2.29. The number of carbonyl (C=O) groups excluding carboxylic acids is 1. The standard InChI is InChI=1S/C12H15FN2O2/c1-9(2)8-17-6-5-14-12(16)10-3-4-11(13)15-7-10/h3-4,7H,1,5-6,8H2,2H3,(H,14,16). The predicted molar refractivity (Wildman–Crippen MR) is 62.2 cm³/mol. The highest BCUT2D eigenvalue weighted by Gasteiger charge is 2.04. The lowest BCUT2D eigenvalue weighted by Gasteiger charge is -2.06. The van der Waals surface area contributed by atoms with Crippen LogP contribution in [0.25, 0.3) is 0 Å². The summed E-state index contributed by atoms with van der Waals surface area (Å²) in [6.45, 7) is 6.83. The van der Waals surface area contributed by atoms with E-state index < -0.39 is 5.95 Å². The highest BCUT2D eigenvalue weighted by atomic mass is 19.1. The lowest BCUT2D eigenvalue weighted by atomic mass is 10.3. The molecule has 0 spiro atoms. The molecule has 1 amide bonds. The Kier molecular flexibility index (Phi) is 5.29. The molecule has 0 aromatic carbocycles. The molecule has 1 rings (SSSR count). The Hall–Kier alpha value is -1.75. The first-order valence-corrected chi connectivity index (χ1v) is 5.21. The summed E-state index contributed by atoms with van der Waals surface area (Å²) in [5.41, 5.74) is 1.25. The van der Waals surface area contributed by atoms with Crippen LogP contribution in [0, 0.1) is 5.95 Å². The lowest BCUT2D eigenvalue weighted by Crippen LogP contribution is -2.27. The van der Waals surface area contributed by atoms with E-state index in [1.165, 1.54) is 12.3 Å². The zero-order valence-electron chi connectivity index (χ0n) is 9.70. The minimum atomic E-state index is -0.605. The van der Waals surface area contributed by atoms with Crippen molar-refractivity contribution in [2.24, 2.45) is 0 Å². The quantitative estimate of drug-likeness (QED) is 0.464. The van der Waals surface area contributed by atoms with E-state index in [1.807, 2.05) is 6.92 Å². The number of nitrogens with zero attached hydrogens (tertiary/aromatic N) is 1. The molecule has 0 saturated heterocycles. The SMILES string of the molecule is C=C(C)COCCNC(=O)c1ccc(F)nc1. The topological polar surface area (TPSA) is 51.2 Å². The number of halogens is 1. The zero-order chi connectivity index (χ0) is 12.7. The van der Waals surface area contributed by atoms with Crippen molar-refractivity contribution < 1.29 is 13.9 Å². The van der Waals surface area contributed by atoms with Crippen molar-refractivity contribution in [2.45, 2.75) is 6.92 Å². The molecule has 0 aliphatic carbocycles. The largest absolute Gasteiger partial charge is 0.375 e. The van der Waals surface area contributed by atoms with Gasteiger partial charge in [0, 0.05) is 12.7 Å². The Morgan fingerprint density at radius 2 is 2.35 bits per heavy atom. The van der Waals surface area contributed by atoms with Gasteiger partial charge < -0.3 is 10.1 Å².